The summed E-state index contributed by atoms with van der Waals surface area (Å²) < 4.78 is 32.9. The van der Waals surface area contributed by atoms with Gasteiger partial charge in [0.05, 0.1) is 15.5 Å². The van der Waals surface area contributed by atoms with E-state index in [1.807, 2.05) is 0 Å². The summed E-state index contributed by atoms with van der Waals surface area (Å²) in [5.41, 5.74) is 0.812. The van der Waals surface area contributed by atoms with Gasteiger partial charge in [-0.15, -0.1) is 0 Å². The molecule has 0 bridgehead atoms. The number of rotatable bonds is 10. The summed E-state index contributed by atoms with van der Waals surface area (Å²) in [4.78, 5) is 23.6. The number of amides is 1. The zero-order chi connectivity index (χ0) is 24.7. The van der Waals surface area contributed by atoms with Gasteiger partial charge in [-0.05, 0) is 60.9 Å². The van der Waals surface area contributed by atoms with Gasteiger partial charge in [-0.1, -0.05) is 49.2 Å². The van der Waals surface area contributed by atoms with Gasteiger partial charge in [0, 0.05) is 11.1 Å². The number of sulfonamides is 1. The smallest absolute Gasteiger partial charge is 0.310 e. The lowest BCUT2D eigenvalue weighted by Gasteiger charge is -2.23. The molecule has 0 spiro atoms. The number of nitro groups is 1. The normalized spacial score (nSPS) is 11.1. The summed E-state index contributed by atoms with van der Waals surface area (Å²) in [6, 6.07) is 17.6. The minimum atomic E-state index is -4.32. The van der Waals surface area contributed by atoms with Gasteiger partial charge in [-0.25, -0.2) is 8.42 Å². The lowest BCUT2D eigenvalue weighted by Crippen LogP contribution is -2.40. The van der Waals surface area contributed by atoms with Gasteiger partial charge >= 0.3 is 5.69 Å². The molecule has 0 aliphatic rings. The SMILES string of the molecule is CCCCc1ccc(N(C(=O)COc2ccccc2[N+](=O)[O-])S(=O)(=O)c2ccc(Cl)cc2)cc1. The zero-order valence-electron chi connectivity index (χ0n) is 18.4. The molecule has 0 radical (unpaired) electrons. The third-order valence-corrected chi connectivity index (χ3v) is 7.00. The number of anilines is 1. The molecule has 0 aliphatic carbocycles. The highest BCUT2D eigenvalue weighted by atomic mass is 35.5. The van der Waals surface area contributed by atoms with E-state index in [4.69, 9.17) is 16.3 Å². The van der Waals surface area contributed by atoms with Crippen LogP contribution in [0.5, 0.6) is 5.75 Å². The summed E-state index contributed by atoms with van der Waals surface area (Å²) in [6.45, 7) is 1.35. The van der Waals surface area contributed by atoms with Crippen molar-refractivity contribution in [2.45, 2.75) is 31.1 Å². The second kappa shape index (κ2) is 11.1. The van der Waals surface area contributed by atoms with Crippen LogP contribution >= 0.6 is 11.6 Å². The van der Waals surface area contributed by atoms with Crippen LogP contribution in [0.3, 0.4) is 0 Å². The van der Waals surface area contributed by atoms with Crippen molar-refractivity contribution in [3.63, 3.8) is 0 Å². The Morgan fingerprint density at radius 2 is 1.68 bits per heavy atom. The molecule has 178 valence electrons. The number of aryl methyl sites for hydroxylation is 1. The van der Waals surface area contributed by atoms with E-state index >= 15 is 0 Å². The molecule has 3 rings (SSSR count). The van der Waals surface area contributed by atoms with Gasteiger partial charge in [0.2, 0.25) is 0 Å². The zero-order valence-corrected chi connectivity index (χ0v) is 20.0. The van der Waals surface area contributed by atoms with Crippen molar-refractivity contribution in [1.82, 2.24) is 0 Å². The van der Waals surface area contributed by atoms with Crippen LogP contribution in [0.15, 0.2) is 77.7 Å². The Bertz CT molecular complexity index is 1260. The fourth-order valence-electron chi connectivity index (χ4n) is 3.24. The molecule has 0 aliphatic heterocycles. The topological polar surface area (TPSA) is 107 Å². The maximum absolute atomic E-state index is 13.4. The van der Waals surface area contributed by atoms with Crippen LogP contribution < -0.4 is 9.04 Å². The molecule has 0 saturated heterocycles. The number of unbranched alkanes of at least 4 members (excludes halogenated alkanes) is 1. The molecule has 0 saturated carbocycles. The van der Waals surface area contributed by atoms with Crippen LogP contribution in [0.4, 0.5) is 11.4 Å². The van der Waals surface area contributed by atoms with Crippen molar-refractivity contribution >= 4 is 38.9 Å². The fourth-order valence-corrected chi connectivity index (χ4v) is 4.77. The molecule has 0 fully saturated rings. The van der Waals surface area contributed by atoms with Crippen molar-refractivity contribution in [3.05, 3.63) is 93.5 Å². The van der Waals surface area contributed by atoms with E-state index in [9.17, 15) is 23.3 Å². The van der Waals surface area contributed by atoms with E-state index in [-0.39, 0.29) is 22.0 Å². The minimum absolute atomic E-state index is 0.131. The molecule has 0 heterocycles. The average molecular weight is 503 g/mol. The molecule has 8 nitrogen and oxygen atoms in total. The van der Waals surface area contributed by atoms with Gasteiger partial charge in [-0.2, -0.15) is 4.31 Å². The highest BCUT2D eigenvalue weighted by Crippen LogP contribution is 2.28. The maximum Gasteiger partial charge on any atom is 0.310 e. The Morgan fingerprint density at radius 1 is 1.03 bits per heavy atom. The van der Waals surface area contributed by atoms with Crippen molar-refractivity contribution in [2.75, 3.05) is 10.9 Å². The van der Waals surface area contributed by atoms with Crippen molar-refractivity contribution in [2.24, 2.45) is 0 Å². The Morgan fingerprint density at radius 3 is 2.29 bits per heavy atom. The first-order chi connectivity index (χ1) is 16.2. The van der Waals surface area contributed by atoms with E-state index in [0.29, 0.717) is 9.33 Å². The first-order valence-electron chi connectivity index (χ1n) is 10.5. The largest absolute Gasteiger partial charge is 0.477 e. The Labute approximate surface area is 202 Å². The summed E-state index contributed by atoms with van der Waals surface area (Å²) in [7, 11) is -4.32. The lowest BCUT2D eigenvalue weighted by atomic mass is 10.1. The third kappa shape index (κ3) is 5.92. The molecule has 0 N–H and O–H groups in total. The quantitative estimate of drug-likeness (QED) is 0.271. The predicted molar refractivity (Wildman–Crippen MR) is 130 cm³/mol. The molecule has 10 heteroatoms. The molecule has 0 atom stereocenters. The van der Waals surface area contributed by atoms with Crippen LogP contribution in [0, 0.1) is 10.1 Å². The van der Waals surface area contributed by atoms with Gasteiger partial charge in [0.15, 0.2) is 12.4 Å². The highest BCUT2D eigenvalue weighted by molar-refractivity contribution is 7.93. The van der Waals surface area contributed by atoms with E-state index in [1.54, 1.807) is 24.3 Å². The van der Waals surface area contributed by atoms with Crippen molar-refractivity contribution in [1.29, 1.82) is 0 Å². The molecule has 0 unspecified atom stereocenters. The van der Waals surface area contributed by atoms with E-state index in [2.05, 4.69) is 6.92 Å². The fraction of sp³-hybridized carbons (Fsp3) is 0.208. The molecule has 3 aromatic carbocycles. The monoisotopic (exact) mass is 502 g/mol. The lowest BCUT2D eigenvalue weighted by molar-refractivity contribution is -0.385. The number of para-hydroxylation sites is 2. The number of hydrogen-bond donors (Lipinski definition) is 0. The predicted octanol–water partition coefficient (Wildman–Crippen LogP) is 5.39. The Kier molecular flexibility index (Phi) is 8.25. The van der Waals surface area contributed by atoms with E-state index in [1.165, 1.54) is 48.5 Å². The minimum Gasteiger partial charge on any atom is -0.477 e. The summed E-state index contributed by atoms with van der Waals surface area (Å²) >= 11 is 5.89. The Balaban J connectivity index is 1.95. The molecule has 1 amide bonds. The second-order valence-electron chi connectivity index (χ2n) is 7.40. The number of halogens is 1. The number of carbonyl (C=O) groups is 1. The molecule has 0 aromatic heterocycles. The molecular weight excluding hydrogens is 480 g/mol. The van der Waals surface area contributed by atoms with Gasteiger partial charge in [-0.3, -0.25) is 14.9 Å². The summed E-state index contributed by atoms with van der Waals surface area (Å²) in [6.07, 6.45) is 2.82. The van der Waals surface area contributed by atoms with E-state index in [0.717, 1.165) is 24.8 Å². The first kappa shape index (κ1) is 25.2. The third-order valence-electron chi connectivity index (χ3n) is 4.98. The van der Waals surface area contributed by atoms with Crippen LogP contribution in [0.2, 0.25) is 5.02 Å². The van der Waals surface area contributed by atoms with Crippen LogP contribution in [-0.4, -0.2) is 25.9 Å². The van der Waals surface area contributed by atoms with Crippen LogP contribution in [0.25, 0.3) is 0 Å². The van der Waals surface area contributed by atoms with Crippen molar-refractivity contribution in [3.8, 4) is 5.75 Å². The van der Waals surface area contributed by atoms with Crippen LogP contribution in [-0.2, 0) is 21.2 Å². The highest BCUT2D eigenvalue weighted by Gasteiger charge is 2.32. The summed E-state index contributed by atoms with van der Waals surface area (Å²) in [5, 5.41) is 11.6. The summed E-state index contributed by atoms with van der Waals surface area (Å²) in [5.74, 6) is -1.05. The molecule has 3 aromatic rings. The number of nitrogens with zero attached hydrogens (tertiary/aromatic N) is 2. The average Bonchev–Trinajstić information content (AvgIpc) is 2.82. The number of nitro benzene ring substituents is 1. The van der Waals surface area contributed by atoms with Gasteiger partial charge < -0.3 is 4.74 Å². The first-order valence-corrected chi connectivity index (χ1v) is 12.3. The second-order valence-corrected chi connectivity index (χ2v) is 9.62. The number of hydrogen-bond acceptors (Lipinski definition) is 6. The number of carbonyl (C=O) groups excluding carboxylic acids is 1. The number of benzene rings is 3. The molecule has 34 heavy (non-hydrogen) atoms. The number of ether oxygens (including phenoxy) is 1. The van der Waals surface area contributed by atoms with Crippen LogP contribution in [0.1, 0.15) is 25.3 Å². The van der Waals surface area contributed by atoms with Gasteiger partial charge in [0.25, 0.3) is 15.9 Å². The maximum atomic E-state index is 13.4. The van der Waals surface area contributed by atoms with Gasteiger partial charge in [0.1, 0.15) is 0 Å². The molecular formula is C24H23ClN2O6S. The van der Waals surface area contributed by atoms with E-state index < -0.39 is 27.5 Å². The standard InChI is InChI=1S/C24H23ClN2O6S/c1-2-3-6-18-9-13-20(14-10-18)26(34(31,32)21-15-11-19(25)12-16-21)24(28)17-33-23-8-5-4-7-22(23)27(29)30/h4-5,7-16H,2-3,6,17H2,1H3. The Hall–Kier alpha value is -3.43. The van der Waals surface area contributed by atoms with Crippen molar-refractivity contribution < 1.29 is 22.9 Å².